The Morgan fingerprint density at radius 3 is 2.62 bits per heavy atom. The first kappa shape index (κ1) is 10.5. The van der Waals surface area contributed by atoms with Crippen LogP contribution in [0, 0.1) is 0 Å². The highest BCUT2D eigenvalue weighted by molar-refractivity contribution is 5.88. The van der Waals surface area contributed by atoms with Crippen molar-refractivity contribution in [1.29, 1.82) is 0 Å². The monoisotopic (exact) mass is 220 g/mol. The average Bonchev–Trinajstić information content (AvgIpc) is 2.65. The number of ether oxygens (including phenoxy) is 1. The molecule has 2 amide bonds. The Kier molecular flexibility index (Phi) is 2.76. The maximum atomic E-state index is 10.8. The highest BCUT2D eigenvalue weighted by Crippen LogP contribution is 2.22. The molecule has 2 N–H and O–H groups in total. The minimum absolute atomic E-state index is 0.110. The summed E-state index contributed by atoms with van der Waals surface area (Å²) in [6.45, 7) is 1.94. The second kappa shape index (κ2) is 4.22. The molecule has 1 aromatic carbocycles. The second-order valence-corrected chi connectivity index (χ2v) is 3.58. The van der Waals surface area contributed by atoms with E-state index in [1.165, 1.54) is 6.92 Å². The predicted molar refractivity (Wildman–Crippen MR) is 58.0 cm³/mol. The first-order valence-electron chi connectivity index (χ1n) is 4.97. The van der Waals surface area contributed by atoms with E-state index in [0.29, 0.717) is 6.54 Å². The van der Waals surface area contributed by atoms with Gasteiger partial charge in [-0.05, 0) is 17.7 Å². The average molecular weight is 220 g/mol. The molecule has 16 heavy (non-hydrogen) atoms. The topological polar surface area (TPSA) is 67.4 Å². The molecule has 1 aromatic rings. The fraction of sp³-hybridized carbons (Fsp3) is 0.273. The summed E-state index contributed by atoms with van der Waals surface area (Å²) in [6.07, 6.45) is -0.630. The van der Waals surface area contributed by atoms with E-state index in [0.717, 1.165) is 11.3 Å². The van der Waals surface area contributed by atoms with Crippen molar-refractivity contribution in [2.75, 3.05) is 11.9 Å². The van der Waals surface area contributed by atoms with Crippen molar-refractivity contribution < 1.29 is 14.3 Å². The first-order valence-corrected chi connectivity index (χ1v) is 4.97. The van der Waals surface area contributed by atoms with Crippen molar-refractivity contribution in [2.45, 2.75) is 13.0 Å². The lowest BCUT2D eigenvalue weighted by molar-refractivity contribution is -0.114. The van der Waals surface area contributed by atoms with E-state index in [1.54, 1.807) is 12.1 Å². The molecule has 1 heterocycles. The number of anilines is 1. The van der Waals surface area contributed by atoms with Gasteiger partial charge < -0.3 is 15.4 Å². The molecule has 1 saturated heterocycles. The van der Waals surface area contributed by atoms with Crippen LogP contribution in [0.25, 0.3) is 0 Å². The highest BCUT2D eigenvalue weighted by Gasteiger charge is 2.23. The first-order chi connectivity index (χ1) is 7.65. The molecule has 5 heteroatoms. The molecule has 5 nitrogen and oxygen atoms in total. The smallest absolute Gasteiger partial charge is 0.407 e. The number of rotatable bonds is 2. The van der Waals surface area contributed by atoms with Crippen molar-refractivity contribution in [3.05, 3.63) is 29.8 Å². The van der Waals surface area contributed by atoms with Gasteiger partial charge in [0.1, 0.15) is 6.10 Å². The van der Waals surface area contributed by atoms with Crippen LogP contribution >= 0.6 is 0 Å². The van der Waals surface area contributed by atoms with Crippen molar-refractivity contribution in [1.82, 2.24) is 5.32 Å². The minimum atomic E-state index is -0.393. The number of alkyl carbamates (subject to hydrolysis) is 1. The van der Waals surface area contributed by atoms with E-state index < -0.39 is 6.09 Å². The third kappa shape index (κ3) is 2.31. The number of nitrogens with one attached hydrogen (secondary N) is 2. The largest absolute Gasteiger partial charge is 0.439 e. The van der Waals surface area contributed by atoms with Gasteiger partial charge in [-0.2, -0.15) is 0 Å². The molecule has 1 fully saturated rings. The van der Waals surface area contributed by atoms with Crippen LogP contribution in [0.3, 0.4) is 0 Å². The zero-order valence-corrected chi connectivity index (χ0v) is 8.82. The Morgan fingerprint density at radius 2 is 2.12 bits per heavy atom. The Labute approximate surface area is 92.8 Å². The van der Waals surface area contributed by atoms with Crippen LogP contribution in [-0.2, 0) is 9.53 Å². The van der Waals surface area contributed by atoms with E-state index in [4.69, 9.17) is 4.74 Å². The number of hydrogen-bond acceptors (Lipinski definition) is 3. The van der Waals surface area contributed by atoms with E-state index in [9.17, 15) is 9.59 Å². The Hall–Kier alpha value is -2.04. The van der Waals surface area contributed by atoms with Crippen LogP contribution < -0.4 is 10.6 Å². The Bertz CT molecular complexity index is 414. The zero-order valence-electron chi connectivity index (χ0n) is 8.82. The maximum absolute atomic E-state index is 10.8. The Morgan fingerprint density at radius 1 is 1.44 bits per heavy atom. The summed E-state index contributed by atoms with van der Waals surface area (Å²) in [5.74, 6) is -0.110. The highest BCUT2D eigenvalue weighted by atomic mass is 16.6. The van der Waals surface area contributed by atoms with Gasteiger partial charge in [0.05, 0.1) is 6.54 Å². The summed E-state index contributed by atoms with van der Waals surface area (Å²) in [4.78, 5) is 21.7. The molecule has 0 aliphatic carbocycles. The molecular formula is C11H12N2O3. The normalized spacial score (nSPS) is 18.8. The molecule has 0 spiro atoms. The van der Waals surface area contributed by atoms with Gasteiger partial charge in [-0.1, -0.05) is 12.1 Å². The summed E-state index contributed by atoms with van der Waals surface area (Å²) >= 11 is 0. The van der Waals surface area contributed by atoms with Gasteiger partial charge >= 0.3 is 6.09 Å². The quantitative estimate of drug-likeness (QED) is 0.792. The second-order valence-electron chi connectivity index (χ2n) is 3.58. The third-order valence-corrected chi connectivity index (χ3v) is 2.28. The van der Waals surface area contributed by atoms with Crippen molar-refractivity contribution in [2.24, 2.45) is 0 Å². The lowest BCUT2D eigenvalue weighted by Crippen LogP contribution is -2.12. The standard InChI is InChI=1S/C11H12N2O3/c1-7(14)13-9-4-2-8(3-5-9)10-6-12-11(15)16-10/h2-5,10H,6H2,1H3,(H,12,15)(H,13,14). The summed E-state index contributed by atoms with van der Waals surface area (Å²) in [7, 11) is 0. The van der Waals surface area contributed by atoms with Crippen molar-refractivity contribution in [3.8, 4) is 0 Å². The molecular weight excluding hydrogens is 208 g/mol. The number of carbonyl (C=O) groups excluding carboxylic acids is 2. The molecule has 0 saturated carbocycles. The number of amides is 2. The van der Waals surface area contributed by atoms with Gasteiger partial charge in [-0.3, -0.25) is 4.79 Å². The summed E-state index contributed by atoms with van der Waals surface area (Å²) in [5, 5.41) is 5.25. The fourth-order valence-corrected chi connectivity index (χ4v) is 1.56. The summed E-state index contributed by atoms with van der Waals surface area (Å²) < 4.78 is 5.03. The van der Waals surface area contributed by atoms with Gasteiger partial charge in [0.15, 0.2) is 0 Å². The molecule has 0 bridgehead atoms. The van der Waals surface area contributed by atoms with Gasteiger partial charge in [0.25, 0.3) is 0 Å². The predicted octanol–water partition coefficient (Wildman–Crippen LogP) is 1.43. The molecule has 1 aliphatic heterocycles. The lowest BCUT2D eigenvalue weighted by atomic mass is 10.1. The lowest BCUT2D eigenvalue weighted by Gasteiger charge is -2.08. The van der Waals surface area contributed by atoms with E-state index in [1.807, 2.05) is 12.1 Å². The van der Waals surface area contributed by atoms with Gasteiger partial charge in [0.2, 0.25) is 5.91 Å². The molecule has 0 radical (unpaired) electrons. The maximum Gasteiger partial charge on any atom is 0.407 e. The third-order valence-electron chi connectivity index (χ3n) is 2.28. The zero-order chi connectivity index (χ0) is 11.5. The number of hydrogen-bond donors (Lipinski definition) is 2. The fourth-order valence-electron chi connectivity index (χ4n) is 1.56. The van der Waals surface area contributed by atoms with Crippen LogP contribution in [0.4, 0.5) is 10.5 Å². The van der Waals surface area contributed by atoms with Gasteiger partial charge in [-0.15, -0.1) is 0 Å². The van der Waals surface area contributed by atoms with Crippen molar-refractivity contribution in [3.63, 3.8) is 0 Å². The summed E-state index contributed by atoms with van der Waals surface area (Å²) in [5.41, 5.74) is 1.64. The molecule has 84 valence electrons. The van der Waals surface area contributed by atoms with Crippen LogP contribution in [0.1, 0.15) is 18.6 Å². The number of benzene rings is 1. The number of carbonyl (C=O) groups is 2. The SMILES string of the molecule is CC(=O)Nc1ccc(C2CNC(=O)O2)cc1. The van der Waals surface area contributed by atoms with Crippen molar-refractivity contribution >= 4 is 17.7 Å². The van der Waals surface area contributed by atoms with Crippen LogP contribution in [0.2, 0.25) is 0 Å². The summed E-state index contributed by atoms with van der Waals surface area (Å²) in [6, 6.07) is 7.22. The molecule has 0 aromatic heterocycles. The molecule has 1 atom stereocenters. The van der Waals surface area contributed by atoms with E-state index in [2.05, 4.69) is 10.6 Å². The molecule has 1 unspecified atom stereocenters. The van der Waals surface area contributed by atoms with E-state index in [-0.39, 0.29) is 12.0 Å². The van der Waals surface area contributed by atoms with Crippen LogP contribution in [0.5, 0.6) is 0 Å². The van der Waals surface area contributed by atoms with E-state index >= 15 is 0 Å². The molecule has 2 rings (SSSR count). The van der Waals surface area contributed by atoms with Crippen LogP contribution in [-0.4, -0.2) is 18.5 Å². The van der Waals surface area contributed by atoms with Gasteiger partial charge in [0, 0.05) is 12.6 Å². The molecule has 1 aliphatic rings. The minimum Gasteiger partial charge on any atom is -0.439 e. The number of cyclic esters (lactones) is 1. The van der Waals surface area contributed by atoms with Gasteiger partial charge in [-0.25, -0.2) is 4.79 Å². The Balaban J connectivity index is 2.07. The van der Waals surface area contributed by atoms with Crippen LogP contribution in [0.15, 0.2) is 24.3 Å².